The van der Waals surface area contributed by atoms with Gasteiger partial charge in [-0.2, -0.15) is 0 Å². The molecular weight excluding hydrogens is 236 g/mol. The molecule has 0 saturated carbocycles. The molecule has 1 saturated heterocycles. The molecule has 1 aliphatic heterocycles. The minimum Gasteiger partial charge on any atom is -0.384 e. The van der Waals surface area contributed by atoms with Gasteiger partial charge < -0.3 is 5.11 Å². The van der Waals surface area contributed by atoms with Gasteiger partial charge in [0.1, 0.15) is 0 Å². The molecule has 1 heterocycles. The van der Waals surface area contributed by atoms with E-state index in [0.717, 1.165) is 31.7 Å². The summed E-state index contributed by atoms with van der Waals surface area (Å²) in [4.78, 5) is 4.87. The van der Waals surface area contributed by atoms with Crippen LogP contribution in [0.4, 0.5) is 0 Å². The first-order valence-electron chi connectivity index (χ1n) is 7.27. The van der Waals surface area contributed by atoms with Gasteiger partial charge in [-0.15, -0.1) is 0 Å². The van der Waals surface area contributed by atoms with Gasteiger partial charge in [-0.3, -0.25) is 9.80 Å². The van der Waals surface area contributed by atoms with Gasteiger partial charge in [0.05, 0.1) is 5.60 Å². The van der Waals surface area contributed by atoms with Crippen molar-refractivity contribution in [1.29, 1.82) is 0 Å². The number of piperazine rings is 1. The van der Waals surface area contributed by atoms with Crippen LogP contribution in [0.3, 0.4) is 0 Å². The minimum atomic E-state index is -0.768. The monoisotopic (exact) mass is 262 g/mol. The standard InChI is InChI=1S/C16H26N2O/c1-4-18-11-10-17(12-14(18)2)13-16(3,19)15-8-6-5-7-9-15/h5-9,14,19H,4,10-13H2,1-3H3. The summed E-state index contributed by atoms with van der Waals surface area (Å²) in [6.07, 6.45) is 0. The molecule has 0 aromatic heterocycles. The Bertz CT molecular complexity index is 391. The number of benzene rings is 1. The van der Waals surface area contributed by atoms with Crippen molar-refractivity contribution in [3.63, 3.8) is 0 Å². The van der Waals surface area contributed by atoms with E-state index in [1.807, 2.05) is 37.3 Å². The Morgan fingerprint density at radius 1 is 1.26 bits per heavy atom. The Morgan fingerprint density at radius 3 is 2.53 bits per heavy atom. The van der Waals surface area contributed by atoms with Crippen molar-refractivity contribution in [2.75, 3.05) is 32.7 Å². The molecule has 1 aromatic carbocycles. The molecule has 19 heavy (non-hydrogen) atoms. The second kappa shape index (κ2) is 6.04. The molecular formula is C16H26N2O. The summed E-state index contributed by atoms with van der Waals surface area (Å²) in [6.45, 7) is 11.4. The van der Waals surface area contributed by atoms with E-state index < -0.39 is 5.60 Å². The summed E-state index contributed by atoms with van der Waals surface area (Å²) in [5.41, 5.74) is 0.232. The van der Waals surface area contributed by atoms with Gasteiger partial charge in [-0.05, 0) is 26.0 Å². The van der Waals surface area contributed by atoms with Crippen LogP contribution in [0.15, 0.2) is 30.3 Å². The predicted molar refractivity (Wildman–Crippen MR) is 79.2 cm³/mol. The molecule has 3 heteroatoms. The maximum absolute atomic E-state index is 10.7. The maximum Gasteiger partial charge on any atom is 0.0994 e. The van der Waals surface area contributed by atoms with Crippen LogP contribution >= 0.6 is 0 Å². The molecule has 1 fully saturated rings. The van der Waals surface area contributed by atoms with Crippen LogP contribution in [0.2, 0.25) is 0 Å². The average Bonchev–Trinajstić information content (AvgIpc) is 2.39. The third-order valence-electron chi connectivity index (χ3n) is 4.18. The first-order chi connectivity index (χ1) is 9.03. The normalized spacial score (nSPS) is 25.2. The van der Waals surface area contributed by atoms with Crippen LogP contribution < -0.4 is 0 Å². The number of aliphatic hydroxyl groups is 1. The van der Waals surface area contributed by atoms with Gasteiger partial charge in [-0.1, -0.05) is 37.3 Å². The molecule has 0 amide bonds. The van der Waals surface area contributed by atoms with E-state index in [9.17, 15) is 5.11 Å². The van der Waals surface area contributed by atoms with Crippen LogP contribution in [0.1, 0.15) is 26.3 Å². The molecule has 2 atom stereocenters. The Kier molecular flexibility index (Phi) is 4.61. The smallest absolute Gasteiger partial charge is 0.0994 e. The van der Waals surface area contributed by atoms with Crippen molar-refractivity contribution >= 4 is 0 Å². The van der Waals surface area contributed by atoms with Gasteiger partial charge in [0.25, 0.3) is 0 Å². The van der Waals surface area contributed by atoms with Gasteiger partial charge in [0.2, 0.25) is 0 Å². The highest BCUT2D eigenvalue weighted by Gasteiger charge is 2.30. The third-order valence-corrected chi connectivity index (χ3v) is 4.18. The van der Waals surface area contributed by atoms with Crippen molar-refractivity contribution in [1.82, 2.24) is 9.80 Å². The van der Waals surface area contributed by atoms with Crippen molar-refractivity contribution in [2.24, 2.45) is 0 Å². The third kappa shape index (κ3) is 3.56. The van der Waals surface area contributed by atoms with Crippen molar-refractivity contribution in [2.45, 2.75) is 32.4 Å². The summed E-state index contributed by atoms with van der Waals surface area (Å²) in [7, 11) is 0. The Balaban J connectivity index is 1.98. The zero-order valence-electron chi connectivity index (χ0n) is 12.3. The molecule has 0 aliphatic carbocycles. The van der Waals surface area contributed by atoms with Crippen LogP contribution in [0.25, 0.3) is 0 Å². The van der Waals surface area contributed by atoms with Crippen LogP contribution in [-0.4, -0.2) is 53.7 Å². The minimum absolute atomic E-state index is 0.574. The highest BCUT2D eigenvalue weighted by Crippen LogP contribution is 2.23. The average molecular weight is 262 g/mol. The van der Waals surface area contributed by atoms with E-state index in [1.54, 1.807) is 0 Å². The van der Waals surface area contributed by atoms with E-state index in [1.165, 1.54) is 0 Å². The predicted octanol–water partition coefficient (Wildman–Crippen LogP) is 1.92. The summed E-state index contributed by atoms with van der Waals surface area (Å²) in [6, 6.07) is 10.5. The maximum atomic E-state index is 10.7. The fourth-order valence-corrected chi connectivity index (χ4v) is 3.01. The number of likely N-dealkylation sites (N-methyl/N-ethyl adjacent to an activating group) is 1. The van der Waals surface area contributed by atoms with Gasteiger partial charge in [0, 0.05) is 32.2 Å². The quantitative estimate of drug-likeness (QED) is 0.898. The first-order valence-corrected chi connectivity index (χ1v) is 7.27. The molecule has 0 radical (unpaired) electrons. The lowest BCUT2D eigenvalue weighted by Gasteiger charge is -2.42. The zero-order valence-corrected chi connectivity index (χ0v) is 12.3. The molecule has 1 aliphatic rings. The molecule has 0 bridgehead atoms. The van der Waals surface area contributed by atoms with E-state index in [4.69, 9.17) is 0 Å². The summed E-state index contributed by atoms with van der Waals surface area (Å²) in [5, 5.41) is 10.7. The number of rotatable bonds is 4. The highest BCUT2D eigenvalue weighted by atomic mass is 16.3. The molecule has 0 spiro atoms. The number of nitrogens with zero attached hydrogens (tertiary/aromatic N) is 2. The SMILES string of the molecule is CCN1CCN(CC(C)(O)c2ccccc2)CC1C. The second-order valence-corrected chi connectivity index (χ2v) is 5.85. The fraction of sp³-hybridized carbons (Fsp3) is 0.625. The summed E-state index contributed by atoms with van der Waals surface area (Å²) >= 11 is 0. The topological polar surface area (TPSA) is 26.7 Å². The Hall–Kier alpha value is -0.900. The summed E-state index contributed by atoms with van der Waals surface area (Å²) < 4.78 is 0. The lowest BCUT2D eigenvalue weighted by molar-refractivity contribution is -0.00996. The first kappa shape index (κ1) is 14.5. The zero-order chi connectivity index (χ0) is 13.9. The highest BCUT2D eigenvalue weighted by molar-refractivity contribution is 5.21. The lowest BCUT2D eigenvalue weighted by Crippen LogP contribution is -2.54. The van der Waals surface area contributed by atoms with Gasteiger partial charge >= 0.3 is 0 Å². The number of β-amino-alcohol motifs (C(OH)–C–C–N with tert-alkyl or cyclic N) is 1. The molecule has 3 nitrogen and oxygen atoms in total. The Labute approximate surface area is 116 Å². The van der Waals surface area contributed by atoms with Crippen LogP contribution in [0.5, 0.6) is 0 Å². The fourth-order valence-electron chi connectivity index (χ4n) is 3.01. The largest absolute Gasteiger partial charge is 0.384 e. The molecule has 2 unspecified atom stereocenters. The van der Waals surface area contributed by atoms with E-state index in [2.05, 4.69) is 23.6 Å². The molecule has 1 aromatic rings. The van der Waals surface area contributed by atoms with Crippen LogP contribution in [0, 0.1) is 0 Å². The molecule has 1 N–H and O–H groups in total. The molecule has 106 valence electrons. The number of hydrogen-bond acceptors (Lipinski definition) is 3. The Morgan fingerprint density at radius 2 is 1.95 bits per heavy atom. The van der Waals surface area contributed by atoms with E-state index in [0.29, 0.717) is 12.6 Å². The second-order valence-electron chi connectivity index (χ2n) is 5.85. The van der Waals surface area contributed by atoms with Gasteiger partial charge in [0.15, 0.2) is 0 Å². The van der Waals surface area contributed by atoms with Crippen molar-refractivity contribution in [3.8, 4) is 0 Å². The van der Waals surface area contributed by atoms with E-state index >= 15 is 0 Å². The number of hydrogen-bond donors (Lipinski definition) is 1. The molecule has 2 rings (SSSR count). The van der Waals surface area contributed by atoms with Crippen molar-refractivity contribution < 1.29 is 5.11 Å². The van der Waals surface area contributed by atoms with E-state index in [-0.39, 0.29) is 0 Å². The van der Waals surface area contributed by atoms with Gasteiger partial charge in [-0.25, -0.2) is 0 Å². The van der Waals surface area contributed by atoms with Crippen molar-refractivity contribution in [3.05, 3.63) is 35.9 Å². The lowest BCUT2D eigenvalue weighted by atomic mass is 9.95. The van der Waals surface area contributed by atoms with Crippen LogP contribution in [-0.2, 0) is 5.60 Å². The summed E-state index contributed by atoms with van der Waals surface area (Å²) in [5.74, 6) is 0.